The van der Waals surface area contributed by atoms with E-state index in [0.29, 0.717) is 12.2 Å². The van der Waals surface area contributed by atoms with Gasteiger partial charge in [0, 0.05) is 23.9 Å². The number of aryl methyl sites for hydroxylation is 1. The van der Waals surface area contributed by atoms with Gasteiger partial charge in [0.2, 0.25) is 0 Å². The van der Waals surface area contributed by atoms with E-state index < -0.39 is 5.97 Å². The van der Waals surface area contributed by atoms with E-state index in [0.717, 1.165) is 12.8 Å². The van der Waals surface area contributed by atoms with E-state index in [1.165, 1.54) is 83.2 Å². The minimum Gasteiger partial charge on any atom is -0.545 e. The average Bonchev–Trinajstić information content (AvgIpc) is 2.70. The van der Waals surface area contributed by atoms with Crippen LogP contribution < -0.4 is 34.7 Å². The van der Waals surface area contributed by atoms with Crippen LogP contribution in [0, 0.1) is 6.92 Å². The first-order chi connectivity index (χ1) is 14.1. The van der Waals surface area contributed by atoms with Gasteiger partial charge in [-0.3, -0.25) is 4.98 Å². The molecule has 0 unspecified atom stereocenters. The number of aromatic nitrogens is 1. The maximum atomic E-state index is 11.2. The summed E-state index contributed by atoms with van der Waals surface area (Å²) in [6.07, 6.45) is 19.8. The molecule has 6 heteroatoms. The van der Waals surface area contributed by atoms with Crippen LogP contribution in [0.25, 0.3) is 0 Å². The Morgan fingerprint density at radius 2 is 1.40 bits per heavy atom. The van der Waals surface area contributed by atoms with E-state index in [-0.39, 0.29) is 53.2 Å². The summed E-state index contributed by atoms with van der Waals surface area (Å²) >= 11 is 0. The summed E-state index contributed by atoms with van der Waals surface area (Å²) in [4.78, 5) is 15.2. The fraction of sp³-hybridized carbons (Fsp3) is 0.750. The number of aromatic hydroxyl groups is 1. The molecule has 0 spiro atoms. The number of ether oxygens (including phenoxy) is 1. The quantitative estimate of drug-likeness (QED) is 0.286. The summed E-state index contributed by atoms with van der Waals surface area (Å²) in [6.45, 7) is 4.53. The molecule has 1 aromatic heterocycles. The van der Waals surface area contributed by atoms with Gasteiger partial charge in [0.15, 0.2) is 0 Å². The molecular formula is C24H40NNaO4. The molecule has 0 saturated heterocycles. The zero-order valence-corrected chi connectivity index (χ0v) is 21.5. The van der Waals surface area contributed by atoms with Gasteiger partial charge in [0.05, 0.1) is 18.3 Å². The van der Waals surface area contributed by atoms with Gasteiger partial charge in [-0.05, 0) is 13.3 Å². The molecule has 0 aliphatic carbocycles. The number of rotatable bonds is 18. The van der Waals surface area contributed by atoms with Crippen LogP contribution in [-0.4, -0.2) is 22.7 Å². The molecule has 5 nitrogen and oxygen atoms in total. The van der Waals surface area contributed by atoms with E-state index in [1.54, 1.807) is 6.92 Å². The second kappa shape index (κ2) is 19.1. The van der Waals surface area contributed by atoms with E-state index >= 15 is 0 Å². The maximum absolute atomic E-state index is 11.2. The van der Waals surface area contributed by atoms with Gasteiger partial charge in [0.25, 0.3) is 0 Å². The molecule has 0 saturated carbocycles. The summed E-state index contributed by atoms with van der Waals surface area (Å²) in [5.74, 6) is -1.73. The molecule has 0 aliphatic heterocycles. The molecule has 1 N–H and O–H groups in total. The van der Waals surface area contributed by atoms with Gasteiger partial charge in [-0.2, -0.15) is 0 Å². The van der Waals surface area contributed by atoms with Gasteiger partial charge in [-0.1, -0.05) is 90.4 Å². The summed E-state index contributed by atoms with van der Waals surface area (Å²) in [6, 6.07) is 0. The van der Waals surface area contributed by atoms with E-state index in [4.69, 9.17) is 4.74 Å². The van der Waals surface area contributed by atoms with Crippen molar-refractivity contribution < 1.29 is 49.3 Å². The number of carboxylic acids is 1. The number of carboxylic acid groups (broad SMARTS) is 1. The van der Waals surface area contributed by atoms with Crippen molar-refractivity contribution in [2.45, 2.75) is 110 Å². The Morgan fingerprint density at radius 1 is 0.933 bits per heavy atom. The number of hydrogen-bond donors (Lipinski definition) is 1. The van der Waals surface area contributed by atoms with Crippen LogP contribution in [0.2, 0.25) is 0 Å². The molecule has 0 aromatic carbocycles. The Morgan fingerprint density at radius 3 is 1.87 bits per heavy atom. The molecule has 1 heterocycles. The van der Waals surface area contributed by atoms with Crippen molar-refractivity contribution in [2.75, 3.05) is 6.61 Å². The minimum absolute atomic E-state index is 0. The molecule has 1 rings (SSSR count). The number of hydrogen-bond acceptors (Lipinski definition) is 5. The predicted molar refractivity (Wildman–Crippen MR) is 115 cm³/mol. The van der Waals surface area contributed by atoms with Crippen molar-refractivity contribution in [3.8, 4) is 5.75 Å². The van der Waals surface area contributed by atoms with Gasteiger partial charge in [0.1, 0.15) is 5.75 Å². The van der Waals surface area contributed by atoms with Crippen LogP contribution in [0.15, 0.2) is 6.20 Å². The number of unbranched alkanes of at least 4 members (excludes halogenated alkanes) is 13. The zero-order valence-electron chi connectivity index (χ0n) is 19.5. The first-order valence-electron chi connectivity index (χ1n) is 11.5. The van der Waals surface area contributed by atoms with Crippen molar-refractivity contribution in [3.63, 3.8) is 0 Å². The SMILES string of the molecule is CCCCCCCCCCCCCCCCOCc1cnc(C)c(O)c1C(=O)[O-].[Na+]. The van der Waals surface area contributed by atoms with Crippen LogP contribution in [-0.2, 0) is 11.3 Å². The Kier molecular flexibility index (Phi) is 18.7. The summed E-state index contributed by atoms with van der Waals surface area (Å²) in [5.41, 5.74) is 0.428. The second-order valence-electron chi connectivity index (χ2n) is 8.03. The smallest absolute Gasteiger partial charge is 0.545 e. The monoisotopic (exact) mass is 429 g/mol. The van der Waals surface area contributed by atoms with Crippen LogP contribution in [0.3, 0.4) is 0 Å². The molecule has 0 aliphatic rings. The largest absolute Gasteiger partial charge is 1.00 e. The van der Waals surface area contributed by atoms with Crippen molar-refractivity contribution in [2.24, 2.45) is 0 Å². The third-order valence-corrected chi connectivity index (χ3v) is 5.42. The van der Waals surface area contributed by atoms with Gasteiger partial charge >= 0.3 is 29.6 Å². The first kappa shape index (κ1) is 29.4. The summed E-state index contributed by atoms with van der Waals surface area (Å²) in [7, 11) is 0. The van der Waals surface area contributed by atoms with E-state index in [9.17, 15) is 15.0 Å². The van der Waals surface area contributed by atoms with Crippen LogP contribution in [0.4, 0.5) is 0 Å². The number of pyridine rings is 1. The van der Waals surface area contributed by atoms with E-state index in [2.05, 4.69) is 11.9 Å². The standard InChI is InChI=1S/C24H41NO4.Na/c1-3-4-5-6-7-8-9-10-11-12-13-14-15-16-17-29-19-21-18-25-20(2)23(26)22(21)24(27)28;/h18,26H,3-17,19H2,1-2H3,(H,27,28);/q;+1/p-1. The first-order valence-corrected chi connectivity index (χ1v) is 11.5. The Bertz CT molecular complexity index is 581. The maximum Gasteiger partial charge on any atom is 1.00 e. The molecular weight excluding hydrogens is 389 g/mol. The second-order valence-corrected chi connectivity index (χ2v) is 8.03. The van der Waals surface area contributed by atoms with Crippen molar-refractivity contribution in [3.05, 3.63) is 23.0 Å². The number of carbonyl (C=O) groups excluding carboxylic acids is 1. The Hall–Kier alpha value is -0.620. The fourth-order valence-corrected chi connectivity index (χ4v) is 3.55. The van der Waals surface area contributed by atoms with Gasteiger partial charge in [-0.15, -0.1) is 0 Å². The molecule has 0 atom stereocenters. The molecule has 0 radical (unpaired) electrons. The summed E-state index contributed by atoms with van der Waals surface area (Å²) in [5, 5.41) is 21.1. The number of aromatic carboxylic acids is 1. The third-order valence-electron chi connectivity index (χ3n) is 5.42. The molecule has 30 heavy (non-hydrogen) atoms. The molecule has 0 fully saturated rings. The van der Waals surface area contributed by atoms with E-state index in [1.807, 2.05) is 0 Å². The third kappa shape index (κ3) is 12.9. The topological polar surface area (TPSA) is 82.5 Å². The Balaban J connectivity index is 0.00000841. The predicted octanol–water partition coefficient (Wildman–Crippen LogP) is 2.46. The normalized spacial score (nSPS) is 10.7. The van der Waals surface area contributed by atoms with Crippen LogP contribution in [0.1, 0.15) is 118 Å². The van der Waals surface area contributed by atoms with Crippen molar-refractivity contribution >= 4 is 5.97 Å². The summed E-state index contributed by atoms with van der Waals surface area (Å²) < 4.78 is 5.57. The zero-order chi connectivity index (χ0) is 21.3. The molecule has 0 bridgehead atoms. The van der Waals surface area contributed by atoms with Crippen LogP contribution >= 0.6 is 0 Å². The minimum atomic E-state index is -1.40. The average molecular weight is 430 g/mol. The van der Waals surface area contributed by atoms with Gasteiger partial charge < -0.3 is 19.7 Å². The molecule has 0 amide bonds. The molecule has 166 valence electrons. The van der Waals surface area contributed by atoms with Gasteiger partial charge in [-0.25, -0.2) is 0 Å². The number of nitrogens with zero attached hydrogens (tertiary/aromatic N) is 1. The van der Waals surface area contributed by atoms with Crippen LogP contribution in [0.5, 0.6) is 5.75 Å². The fourth-order valence-electron chi connectivity index (χ4n) is 3.55. The van der Waals surface area contributed by atoms with Crippen molar-refractivity contribution in [1.29, 1.82) is 0 Å². The number of carbonyl (C=O) groups is 1. The molecule has 1 aromatic rings. The Labute approximate surface area is 205 Å². The van der Waals surface area contributed by atoms with Crippen molar-refractivity contribution in [1.82, 2.24) is 4.98 Å².